The predicted octanol–water partition coefficient (Wildman–Crippen LogP) is 2.83. The highest BCUT2D eigenvalue weighted by molar-refractivity contribution is 6.25. The van der Waals surface area contributed by atoms with Crippen molar-refractivity contribution in [3.8, 4) is 0 Å². The van der Waals surface area contributed by atoms with E-state index >= 15 is 0 Å². The number of Topliss-reactive ketones (excluding diaryl/α,β-unsaturated/α-hetero) is 1. The minimum Gasteiger partial charge on any atom is -0.350 e. The van der Waals surface area contributed by atoms with Crippen molar-refractivity contribution >= 4 is 17.4 Å². The third-order valence-corrected chi connectivity index (χ3v) is 2.57. The molecule has 0 N–H and O–H groups in total. The van der Waals surface area contributed by atoms with E-state index in [4.69, 9.17) is 11.6 Å². The molecule has 0 amide bonds. The fourth-order valence-electron chi connectivity index (χ4n) is 1.44. The van der Waals surface area contributed by atoms with Gasteiger partial charge in [0.2, 0.25) is 0 Å². The summed E-state index contributed by atoms with van der Waals surface area (Å²) in [5.41, 5.74) is 2.32. The Bertz CT molecular complexity index is 363. The third kappa shape index (κ3) is 2.07. The summed E-state index contributed by atoms with van der Waals surface area (Å²) in [7, 11) is 0. The van der Waals surface area contributed by atoms with E-state index in [0.29, 0.717) is 11.7 Å². The molecule has 0 aromatic carbocycles. The van der Waals surface area contributed by atoms with E-state index in [1.54, 1.807) is 0 Å². The number of rotatable bonds is 4. The fraction of sp³-hybridized carbons (Fsp3) is 0.364. The van der Waals surface area contributed by atoms with Gasteiger partial charge in [-0.05, 0) is 18.9 Å². The Morgan fingerprint density at radius 3 is 3.07 bits per heavy atom. The zero-order valence-corrected chi connectivity index (χ0v) is 8.57. The van der Waals surface area contributed by atoms with E-state index in [-0.39, 0.29) is 0 Å². The summed E-state index contributed by atoms with van der Waals surface area (Å²) in [6.07, 6.45) is 7.76. The largest absolute Gasteiger partial charge is 0.350 e. The Morgan fingerprint density at radius 2 is 2.43 bits per heavy atom. The van der Waals surface area contributed by atoms with Gasteiger partial charge in [0, 0.05) is 36.0 Å². The number of carbonyl (C=O) groups excluding carboxylic acids is 1. The monoisotopic (exact) mass is 209 g/mol. The second-order valence-electron chi connectivity index (χ2n) is 3.60. The highest BCUT2D eigenvalue weighted by atomic mass is 35.5. The van der Waals surface area contributed by atoms with Crippen molar-refractivity contribution in [2.45, 2.75) is 19.4 Å². The van der Waals surface area contributed by atoms with Gasteiger partial charge >= 0.3 is 0 Å². The van der Waals surface area contributed by atoms with Gasteiger partial charge in [0.25, 0.3) is 0 Å². The first-order valence-electron chi connectivity index (χ1n) is 4.76. The first-order valence-corrected chi connectivity index (χ1v) is 5.20. The number of allylic oxidation sites excluding steroid dienone is 1. The number of nitrogens with zero attached hydrogens (tertiary/aromatic N) is 1. The molecule has 2 rings (SSSR count). The van der Waals surface area contributed by atoms with Gasteiger partial charge in [-0.2, -0.15) is 0 Å². The van der Waals surface area contributed by atoms with Gasteiger partial charge in [-0.25, -0.2) is 0 Å². The third-order valence-electron chi connectivity index (χ3n) is 2.39. The molecule has 0 aliphatic heterocycles. The zero-order valence-electron chi connectivity index (χ0n) is 7.82. The standard InChI is InChI=1S/C11H12ClNO/c12-5-1-6-13-7-4-10(8-13)11(14)9-2-3-9/h1,4-5,7-9H,2-3,6H2. The fourth-order valence-corrected chi connectivity index (χ4v) is 1.52. The summed E-state index contributed by atoms with van der Waals surface area (Å²) in [6, 6.07) is 1.88. The molecule has 1 aromatic rings. The van der Waals surface area contributed by atoms with Crippen LogP contribution < -0.4 is 0 Å². The van der Waals surface area contributed by atoms with Crippen molar-refractivity contribution in [1.82, 2.24) is 4.57 Å². The molecular weight excluding hydrogens is 198 g/mol. The van der Waals surface area contributed by atoms with Crippen molar-refractivity contribution in [3.05, 3.63) is 35.6 Å². The quantitative estimate of drug-likeness (QED) is 0.699. The minimum absolute atomic E-state index is 0.290. The topological polar surface area (TPSA) is 22.0 Å². The van der Waals surface area contributed by atoms with Gasteiger partial charge < -0.3 is 4.57 Å². The highest BCUT2D eigenvalue weighted by Crippen LogP contribution is 2.32. The van der Waals surface area contributed by atoms with Crippen molar-refractivity contribution in [2.75, 3.05) is 0 Å². The molecule has 1 aliphatic carbocycles. The smallest absolute Gasteiger partial charge is 0.167 e. The predicted molar refractivity (Wildman–Crippen MR) is 56.5 cm³/mol. The van der Waals surface area contributed by atoms with E-state index < -0.39 is 0 Å². The lowest BCUT2D eigenvalue weighted by Gasteiger charge is -1.95. The average molecular weight is 210 g/mol. The molecule has 1 fully saturated rings. The molecule has 2 nitrogen and oxygen atoms in total. The molecule has 14 heavy (non-hydrogen) atoms. The van der Waals surface area contributed by atoms with E-state index in [1.165, 1.54) is 5.54 Å². The first kappa shape index (κ1) is 9.53. The van der Waals surface area contributed by atoms with Crippen LogP contribution in [0.25, 0.3) is 0 Å². The van der Waals surface area contributed by atoms with Crippen LogP contribution in [0.4, 0.5) is 0 Å². The Labute approximate surface area is 88.2 Å². The number of aromatic nitrogens is 1. The average Bonchev–Trinajstić information content (AvgIpc) is 2.94. The van der Waals surface area contributed by atoms with Crippen LogP contribution in [0.15, 0.2) is 30.1 Å². The summed E-state index contributed by atoms with van der Waals surface area (Å²) >= 11 is 5.42. The number of hydrogen-bond donors (Lipinski definition) is 0. The molecule has 1 aliphatic rings. The lowest BCUT2D eigenvalue weighted by molar-refractivity contribution is 0.0967. The molecule has 0 atom stereocenters. The summed E-state index contributed by atoms with van der Waals surface area (Å²) in [5, 5.41) is 0. The van der Waals surface area contributed by atoms with Crippen LogP contribution >= 0.6 is 11.6 Å². The maximum Gasteiger partial charge on any atom is 0.167 e. The summed E-state index contributed by atoms with van der Waals surface area (Å²) in [5.74, 6) is 0.591. The molecule has 74 valence electrons. The molecular formula is C11H12ClNO. The molecule has 0 saturated heterocycles. The van der Waals surface area contributed by atoms with Crippen LogP contribution in [0.5, 0.6) is 0 Å². The van der Waals surface area contributed by atoms with Crippen molar-refractivity contribution in [3.63, 3.8) is 0 Å². The van der Waals surface area contributed by atoms with Gasteiger partial charge in [-0.15, -0.1) is 0 Å². The summed E-state index contributed by atoms with van der Waals surface area (Å²) in [4.78, 5) is 11.6. The lowest BCUT2D eigenvalue weighted by atomic mass is 10.1. The number of halogens is 1. The first-order chi connectivity index (χ1) is 6.81. The molecule has 0 bridgehead atoms. The normalized spacial score (nSPS) is 16.4. The second kappa shape index (κ2) is 4.01. The van der Waals surface area contributed by atoms with Crippen LogP contribution in [0.3, 0.4) is 0 Å². The van der Waals surface area contributed by atoms with Gasteiger partial charge in [-0.3, -0.25) is 4.79 Å². The van der Waals surface area contributed by atoms with Crippen LogP contribution in [0, 0.1) is 5.92 Å². The lowest BCUT2D eigenvalue weighted by Crippen LogP contribution is -1.99. The molecule has 0 unspecified atom stereocenters. The van der Waals surface area contributed by atoms with Crippen LogP contribution in [0.1, 0.15) is 23.2 Å². The van der Waals surface area contributed by atoms with E-state index in [0.717, 1.165) is 24.9 Å². The Balaban J connectivity index is 2.04. The SMILES string of the molecule is O=C(c1ccn(CC=CCl)c1)C1CC1. The van der Waals surface area contributed by atoms with Gasteiger partial charge in [0.05, 0.1) is 0 Å². The number of hydrogen-bond acceptors (Lipinski definition) is 1. The van der Waals surface area contributed by atoms with Crippen LogP contribution in [0.2, 0.25) is 0 Å². The number of carbonyl (C=O) groups is 1. The maximum atomic E-state index is 11.6. The van der Waals surface area contributed by atoms with Gasteiger partial charge in [0.1, 0.15) is 0 Å². The Morgan fingerprint density at radius 1 is 1.64 bits per heavy atom. The van der Waals surface area contributed by atoms with Gasteiger partial charge in [0.15, 0.2) is 5.78 Å². The molecule has 1 saturated carbocycles. The highest BCUT2D eigenvalue weighted by Gasteiger charge is 2.30. The zero-order chi connectivity index (χ0) is 9.97. The molecule has 3 heteroatoms. The minimum atomic E-state index is 0.290. The van der Waals surface area contributed by atoms with Crippen molar-refractivity contribution in [1.29, 1.82) is 0 Å². The van der Waals surface area contributed by atoms with Crippen LogP contribution in [-0.4, -0.2) is 10.4 Å². The van der Waals surface area contributed by atoms with Crippen molar-refractivity contribution < 1.29 is 4.79 Å². The summed E-state index contributed by atoms with van der Waals surface area (Å²) in [6.45, 7) is 0.724. The Hall–Kier alpha value is -1.02. The molecule has 0 spiro atoms. The molecule has 0 radical (unpaired) electrons. The second-order valence-corrected chi connectivity index (χ2v) is 3.85. The van der Waals surface area contributed by atoms with E-state index in [2.05, 4.69) is 0 Å². The van der Waals surface area contributed by atoms with Crippen molar-refractivity contribution in [2.24, 2.45) is 5.92 Å². The maximum absolute atomic E-state index is 11.6. The van der Waals surface area contributed by atoms with E-state index in [1.807, 2.05) is 29.1 Å². The molecule has 1 heterocycles. The number of ketones is 1. The Kier molecular flexibility index (Phi) is 2.73. The van der Waals surface area contributed by atoms with Gasteiger partial charge in [-0.1, -0.05) is 17.7 Å². The summed E-state index contributed by atoms with van der Waals surface area (Å²) < 4.78 is 1.95. The van der Waals surface area contributed by atoms with Crippen LogP contribution in [-0.2, 0) is 6.54 Å². The van der Waals surface area contributed by atoms with E-state index in [9.17, 15) is 4.79 Å². The molecule has 1 aromatic heterocycles.